The van der Waals surface area contributed by atoms with E-state index in [1.807, 2.05) is 0 Å². The van der Waals surface area contributed by atoms with Crippen molar-refractivity contribution in [3.63, 3.8) is 0 Å². The number of sulfonamides is 1. The fourth-order valence-electron chi connectivity index (χ4n) is 3.00. The molecule has 2 rings (SSSR count). The Hall–Kier alpha value is -0.620. The lowest BCUT2D eigenvalue weighted by molar-refractivity contribution is 0.285. The Morgan fingerprint density at radius 2 is 2.00 bits per heavy atom. The van der Waals surface area contributed by atoms with Gasteiger partial charge in [-0.3, -0.25) is 0 Å². The van der Waals surface area contributed by atoms with E-state index in [1.165, 1.54) is 18.9 Å². The number of nitrogens with two attached hydrogens (primary N) is 1. The van der Waals surface area contributed by atoms with Crippen LogP contribution in [-0.2, 0) is 16.6 Å². The summed E-state index contributed by atoms with van der Waals surface area (Å²) < 4.78 is 27.6. The van der Waals surface area contributed by atoms with Crippen LogP contribution < -0.4 is 10.5 Å². The number of benzene rings is 1. The molecule has 21 heavy (non-hydrogen) atoms. The summed E-state index contributed by atoms with van der Waals surface area (Å²) in [7, 11) is -3.57. The molecule has 1 fully saturated rings. The van der Waals surface area contributed by atoms with Crippen LogP contribution in [0.4, 0.5) is 0 Å². The van der Waals surface area contributed by atoms with Gasteiger partial charge in [0.1, 0.15) is 4.90 Å². The minimum Gasteiger partial charge on any atom is -0.326 e. The third-order valence-corrected chi connectivity index (χ3v) is 6.46. The molecule has 6 heteroatoms. The smallest absolute Gasteiger partial charge is 0.242 e. The fourth-order valence-corrected chi connectivity index (χ4v) is 4.72. The summed E-state index contributed by atoms with van der Waals surface area (Å²) in [4.78, 5) is 0.130. The fraction of sp³-hybridized carbons (Fsp3) is 0.600. The second kappa shape index (κ2) is 6.65. The van der Waals surface area contributed by atoms with Crippen molar-refractivity contribution < 1.29 is 8.42 Å². The second-order valence-electron chi connectivity index (χ2n) is 5.85. The van der Waals surface area contributed by atoms with Gasteiger partial charge in [0.05, 0.1) is 5.02 Å². The Kier molecular flexibility index (Phi) is 5.30. The van der Waals surface area contributed by atoms with E-state index in [9.17, 15) is 8.42 Å². The molecule has 0 radical (unpaired) electrons. The molecular formula is C15H23ClN2O2S. The Bertz CT molecular complexity index is 596. The minimum absolute atomic E-state index is 0.108. The van der Waals surface area contributed by atoms with Crippen molar-refractivity contribution in [2.75, 3.05) is 6.54 Å². The molecule has 0 aromatic heterocycles. The molecule has 3 N–H and O–H groups in total. The maximum Gasteiger partial charge on any atom is 0.242 e. The molecule has 1 saturated carbocycles. The SMILES string of the molecule is CCC1(CNS(=O)(=O)c2ccc(CN)cc2Cl)CCCC1. The zero-order valence-electron chi connectivity index (χ0n) is 12.4. The van der Waals surface area contributed by atoms with Gasteiger partial charge in [0.15, 0.2) is 0 Å². The standard InChI is InChI=1S/C15H23ClN2O2S/c1-2-15(7-3-4-8-15)11-18-21(19,20)14-6-5-12(10-17)9-13(14)16/h5-6,9,18H,2-4,7-8,10-11,17H2,1H3. The van der Waals surface area contributed by atoms with Crippen molar-refractivity contribution in [2.24, 2.45) is 11.1 Å². The van der Waals surface area contributed by atoms with E-state index < -0.39 is 10.0 Å². The summed E-state index contributed by atoms with van der Waals surface area (Å²) in [6.07, 6.45) is 5.54. The van der Waals surface area contributed by atoms with Crippen molar-refractivity contribution in [1.82, 2.24) is 4.72 Å². The number of rotatable bonds is 6. The first kappa shape index (κ1) is 16.7. The average molecular weight is 331 g/mol. The molecule has 118 valence electrons. The van der Waals surface area contributed by atoms with Gasteiger partial charge in [-0.2, -0.15) is 0 Å². The van der Waals surface area contributed by atoms with E-state index in [-0.39, 0.29) is 15.3 Å². The molecule has 1 aliphatic carbocycles. The maximum atomic E-state index is 12.4. The number of nitrogens with one attached hydrogen (secondary N) is 1. The Morgan fingerprint density at radius 3 is 2.52 bits per heavy atom. The van der Waals surface area contributed by atoms with Gasteiger partial charge in [-0.1, -0.05) is 37.4 Å². The topological polar surface area (TPSA) is 72.2 Å². The quantitative estimate of drug-likeness (QED) is 0.842. The van der Waals surface area contributed by atoms with Gasteiger partial charge in [-0.25, -0.2) is 13.1 Å². The predicted molar refractivity (Wildman–Crippen MR) is 85.7 cm³/mol. The molecule has 0 spiro atoms. The van der Waals surface area contributed by atoms with Gasteiger partial charge in [0, 0.05) is 13.1 Å². The molecule has 1 aromatic carbocycles. The highest BCUT2D eigenvalue weighted by molar-refractivity contribution is 7.89. The van der Waals surface area contributed by atoms with Crippen molar-refractivity contribution in [3.05, 3.63) is 28.8 Å². The van der Waals surface area contributed by atoms with Crippen LogP contribution in [0.15, 0.2) is 23.1 Å². The zero-order valence-corrected chi connectivity index (χ0v) is 13.9. The number of halogens is 1. The summed E-state index contributed by atoms with van der Waals surface area (Å²) in [6, 6.07) is 4.84. The van der Waals surface area contributed by atoms with Crippen LogP contribution in [0.5, 0.6) is 0 Å². The van der Waals surface area contributed by atoms with Crippen LogP contribution in [0.25, 0.3) is 0 Å². The van der Waals surface area contributed by atoms with Crippen molar-refractivity contribution >= 4 is 21.6 Å². The molecule has 1 aromatic rings. The van der Waals surface area contributed by atoms with Crippen LogP contribution >= 0.6 is 11.6 Å². The van der Waals surface area contributed by atoms with Crippen LogP contribution in [0.2, 0.25) is 5.02 Å². The third kappa shape index (κ3) is 3.77. The largest absolute Gasteiger partial charge is 0.326 e. The lowest BCUT2D eigenvalue weighted by atomic mass is 9.84. The lowest BCUT2D eigenvalue weighted by Gasteiger charge is -2.27. The molecule has 0 saturated heterocycles. The zero-order chi connectivity index (χ0) is 15.5. The van der Waals surface area contributed by atoms with E-state index in [1.54, 1.807) is 12.1 Å². The molecule has 0 bridgehead atoms. The van der Waals surface area contributed by atoms with Crippen molar-refractivity contribution in [3.8, 4) is 0 Å². The van der Waals surface area contributed by atoms with E-state index >= 15 is 0 Å². The lowest BCUT2D eigenvalue weighted by Crippen LogP contribution is -2.35. The molecule has 0 amide bonds. The summed E-state index contributed by atoms with van der Waals surface area (Å²) in [6.45, 7) is 2.95. The van der Waals surface area contributed by atoms with Crippen LogP contribution in [0.1, 0.15) is 44.6 Å². The van der Waals surface area contributed by atoms with Gasteiger partial charge in [0.2, 0.25) is 10.0 Å². The Morgan fingerprint density at radius 1 is 1.33 bits per heavy atom. The molecule has 0 heterocycles. The van der Waals surface area contributed by atoms with Gasteiger partial charge >= 0.3 is 0 Å². The highest BCUT2D eigenvalue weighted by Gasteiger charge is 2.33. The van der Waals surface area contributed by atoms with Crippen LogP contribution in [0.3, 0.4) is 0 Å². The van der Waals surface area contributed by atoms with E-state index in [0.29, 0.717) is 13.1 Å². The molecule has 0 unspecified atom stereocenters. The summed E-state index contributed by atoms with van der Waals surface area (Å²) in [5.41, 5.74) is 6.46. The third-order valence-electron chi connectivity index (χ3n) is 4.57. The molecule has 0 atom stereocenters. The van der Waals surface area contributed by atoms with Gasteiger partial charge in [0.25, 0.3) is 0 Å². The molecular weight excluding hydrogens is 308 g/mol. The van der Waals surface area contributed by atoms with Crippen molar-refractivity contribution in [1.29, 1.82) is 0 Å². The van der Waals surface area contributed by atoms with E-state index in [2.05, 4.69) is 11.6 Å². The average Bonchev–Trinajstić information content (AvgIpc) is 2.94. The Labute approximate surface area is 132 Å². The second-order valence-corrected chi connectivity index (χ2v) is 8.00. The van der Waals surface area contributed by atoms with Crippen LogP contribution in [-0.4, -0.2) is 15.0 Å². The molecule has 4 nitrogen and oxygen atoms in total. The summed E-state index contributed by atoms with van der Waals surface area (Å²) >= 11 is 6.08. The minimum atomic E-state index is -3.57. The normalized spacial score (nSPS) is 18.0. The highest BCUT2D eigenvalue weighted by Crippen LogP contribution is 2.40. The summed E-state index contributed by atoms with van der Waals surface area (Å²) in [5, 5.41) is 0.224. The summed E-state index contributed by atoms with van der Waals surface area (Å²) in [5.74, 6) is 0. The predicted octanol–water partition coefficient (Wildman–Crippen LogP) is 3.05. The van der Waals surface area contributed by atoms with Gasteiger partial charge in [-0.05, 0) is 42.4 Å². The first-order valence-electron chi connectivity index (χ1n) is 7.41. The first-order valence-corrected chi connectivity index (χ1v) is 9.27. The highest BCUT2D eigenvalue weighted by atomic mass is 35.5. The first-order chi connectivity index (χ1) is 9.92. The van der Waals surface area contributed by atoms with E-state index in [0.717, 1.165) is 24.8 Å². The van der Waals surface area contributed by atoms with E-state index in [4.69, 9.17) is 17.3 Å². The monoisotopic (exact) mass is 330 g/mol. The number of hydrogen-bond donors (Lipinski definition) is 2. The van der Waals surface area contributed by atoms with Crippen LogP contribution in [0, 0.1) is 5.41 Å². The maximum absolute atomic E-state index is 12.4. The molecule has 0 aliphatic heterocycles. The van der Waals surface area contributed by atoms with Crippen molar-refractivity contribution in [2.45, 2.75) is 50.5 Å². The Balaban J connectivity index is 2.15. The van der Waals surface area contributed by atoms with Gasteiger partial charge < -0.3 is 5.73 Å². The van der Waals surface area contributed by atoms with Gasteiger partial charge in [-0.15, -0.1) is 0 Å². The molecule has 1 aliphatic rings. The number of hydrogen-bond acceptors (Lipinski definition) is 3.